The molecule has 3 aromatic rings. The molecule has 0 bridgehead atoms. The van der Waals surface area contributed by atoms with Gasteiger partial charge >= 0.3 is 0 Å². The second kappa shape index (κ2) is 5.13. The van der Waals surface area contributed by atoms with E-state index in [4.69, 9.17) is 23.2 Å². The molecule has 2 nitrogen and oxygen atoms in total. The second-order valence-corrected chi connectivity index (χ2v) is 5.29. The minimum atomic E-state index is -1.18. The molecule has 0 spiro atoms. The van der Waals surface area contributed by atoms with Crippen LogP contribution in [0.2, 0.25) is 10.0 Å². The first kappa shape index (κ1) is 14.0. The monoisotopic (exact) mass is 325 g/mol. The predicted octanol–water partition coefficient (Wildman–Crippen LogP) is 4.98. The largest absolute Gasteiger partial charge is 0.360 e. The van der Waals surface area contributed by atoms with E-state index in [1.54, 1.807) is 6.07 Å². The summed E-state index contributed by atoms with van der Waals surface area (Å²) in [5, 5.41) is 1.10. The van der Waals surface area contributed by atoms with Gasteiger partial charge in [0.2, 0.25) is 0 Å². The van der Waals surface area contributed by atoms with Gasteiger partial charge in [0, 0.05) is 27.7 Å². The molecule has 0 aliphatic rings. The van der Waals surface area contributed by atoms with E-state index in [0.29, 0.717) is 15.9 Å². The lowest BCUT2D eigenvalue weighted by molar-refractivity contribution is 0.103. The molecule has 0 atom stereocenters. The Labute approximate surface area is 128 Å². The van der Waals surface area contributed by atoms with Crippen molar-refractivity contribution in [2.45, 2.75) is 0 Å². The van der Waals surface area contributed by atoms with Gasteiger partial charge in [-0.1, -0.05) is 29.3 Å². The highest BCUT2D eigenvalue weighted by molar-refractivity contribution is 6.40. The lowest BCUT2D eigenvalue weighted by Gasteiger charge is -2.03. The molecule has 0 saturated carbocycles. The third kappa shape index (κ3) is 2.30. The molecule has 0 radical (unpaired) electrons. The summed E-state index contributed by atoms with van der Waals surface area (Å²) in [5.74, 6) is -2.90. The molecular formula is C15H7Cl2F2NO. The Kier molecular flexibility index (Phi) is 3.43. The fourth-order valence-corrected chi connectivity index (χ4v) is 2.78. The van der Waals surface area contributed by atoms with Gasteiger partial charge in [-0.15, -0.1) is 0 Å². The Balaban J connectivity index is 2.21. The Bertz CT molecular complexity index is 873. The second-order valence-electron chi connectivity index (χ2n) is 4.44. The SMILES string of the molecule is O=C(c1cccc(F)c1F)c1c[nH]c2cc(Cl)cc(Cl)c12. The summed E-state index contributed by atoms with van der Waals surface area (Å²) in [5.41, 5.74) is 0.366. The van der Waals surface area contributed by atoms with Crippen molar-refractivity contribution >= 4 is 39.9 Å². The van der Waals surface area contributed by atoms with Gasteiger partial charge in [0.15, 0.2) is 17.4 Å². The lowest BCUT2D eigenvalue weighted by Crippen LogP contribution is -2.05. The van der Waals surface area contributed by atoms with Crippen molar-refractivity contribution in [1.82, 2.24) is 4.98 Å². The van der Waals surface area contributed by atoms with Crippen LogP contribution >= 0.6 is 23.2 Å². The molecular weight excluding hydrogens is 319 g/mol. The molecule has 21 heavy (non-hydrogen) atoms. The van der Waals surface area contributed by atoms with Gasteiger partial charge in [0.05, 0.1) is 10.6 Å². The van der Waals surface area contributed by atoms with Crippen LogP contribution in [0.5, 0.6) is 0 Å². The lowest BCUT2D eigenvalue weighted by atomic mass is 10.0. The minimum Gasteiger partial charge on any atom is -0.360 e. The van der Waals surface area contributed by atoms with Gasteiger partial charge in [0.1, 0.15) is 0 Å². The zero-order valence-electron chi connectivity index (χ0n) is 10.4. The van der Waals surface area contributed by atoms with E-state index in [2.05, 4.69) is 4.98 Å². The summed E-state index contributed by atoms with van der Waals surface area (Å²) in [6, 6.07) is 6.54. The summed E-state index contributed by atoms with van der Waals surface area (Å²) in [4.78, 5) is 15.3. The number of benzene rings is 2. The van der Waals surface area contributed by atoms with Crippen molar-refractivity contribution in [3.8, 4) is 0 Å². The van der Waals surface area contributed by atoms with E-state index in [9.17, 15) is 13.6 Å². The van der Waals surface area contributed by atoms with Crippen LogP contribution < -0.4 is 0 Å². The summed E-state index contributed by atoms with van der Waals surface area (Å²) >= 11 is 12.0. The number of carbonyl (C=O) groups excluding carboxylic acids is 1. The molecule has 0 unspecified atom stereocenters. The average Bonchev–Trinajstić information content (AvgIpc) is 2.85. The van der Waals surface area contributed by atoms with E-state index in [0.717, 1.165) is 6.07 Å². The number of ketones is 1. The molecule has 6 heteroatoms. The molecule has 2 aromatic carbocycles. The number of hydrogen-bond donors (Lipinski definition) is 1. The fraction of sp³-hybridized carbons (Fsp3) is 0. The van der Waals surface area contributed by atoms with Crippen LogP contribution in [0, 0.1) is 11.6 Å². The van der Waals surface area contributed by atoms with E-state index in [-0.39, 0.29) is 16.1 Å². The van der Waals surface area contributed by atoms with Gasteiger partial charge in [0.25, 0.3) is 0 Å². The molecule has 0 aliphatic carbocycles. The maximum atomic E-state index is 13.7. The number of carbonyl (C=O) groups is 1. The quantitative estimate of drug-likeness (QED) is 0.662. The van der Waals surface area contributed by atoms with Gasteiger partial charge in [-0.3, -0.25) is 4.79 Å². The maximum Gasteiger partial charge on any atom is 0.198 e. The van der Waals surface area contributed by atoms with Gasteiger partial charge in [-0.05, 0) is 24.3 Å². The predicted molar refractivity (Wildman–Crippen MR) is 78.1 cm³/mol. The van der Waals surface area contributed by atoms with Crippen molar-refractivity contribution in [3.63, 3.8) is 0 Å². The first-order chi connectivity index (χ1) is 9.99. The number of hydrogen-bond acceptors (Lipinski definition) is 1. The molecule has 0 saturated heterocycles. The third-order valence-electron chi connectivity index (χ3n) is 3.14. The van der Waals surface area contributed by atoms with Crippen LogP contribution in [-0.4, -0.2) is 10.8 Å². The van der Waals surface area contributed by atoms with Gasteiger partial charge in [-0.25, -0.2) is 8.78 Å². The van der Waals surface area contributed by atoms with E-state index in [1.165, 1.54) is 24.4 Å². The Hall–Kier alpha value is -1.91. The molecule has 0 fully saturated rings. The molecule has 1 N–H and O–H groups in total. The van der Waals surface area contributed by atoms with Crippen LogP contribution in [0.15, 0.2) is 36.5 Å². The van der Waals surface area contributed by atoms with Crippen molar-refractivity contribution in [1.29, 1.82) is 0 Å². The van der Waals surface area contributed by atoms with Gasteiger partial charge in [-0.2, -0.15) is 0 Å². The zero-order valence-corrected chi connectivity index (χ0v) is 11.9. The number of rotatable bonds is 2. The highest BCUT2D eigenvalue weighted by atomic mass is 35.5. The number of halogens is 4. The Morgan fingerprint density at radius 3 is 2.62 bits per heavy atom. The van der Waals surface area contributed by atoms with Crippen LogP contribution in [0.1, 0.15) is 15.9 Å². The third-order valence-corrected chi connectivity index (χ3v) is 3.65. The van der Waals surface area contributed by atoms with Crippen molar-refractivity contribution < 1.29 is 13.6 Å². The van der Waals surface area contributed by atoms with Crippen LogP contribution in [0.3, 0.4) is 0 Å². The molecule has 1 aromatic heterocycles. The standard InChI is InChI=1S/C15H7Cl2F2NO/c16-7-4-10(17)13-9(6-20-12(13)5-7)15(21)8-2-1-3-11(18)14(8)19/h1-6,20H. The van der Waals surface area contributed by atoms with Crippen molar-refractivity contribution in [2.75, 3.05) is 0 Å². The van der Waals surface area contributed by atoms with Crippen LogP contribution in [0.25, 0.3) is 10.9 Å². The average molecular weight is 326 g/mol. The van der Waals surface area contributed by atoms with Crippen molar-refractivity contribution in [2.24, 2.45) is 0 Å². The first-order valence-electron chi connectivity index (χ1n) is 5.94. The summed E-state index contributed by atoms with van der Waals surface area (Å²) in [7, 11) is 0. The molecule has 1 heterocycles. The number of nitrogens with one attached hydrogen (secondary N) is 1. The molecule has 0 aliphatic heterocycles. The Morgan fingerprint density at radius 2 is 1.86 bits per heavy atom. The number of H-pyrrole nitrogens is 1. The maximum absolute atomic E-state index is 13.7. The summed E-state index contributed by atoms with van der Waals surface area (Å²) in [6.07, 6.45) is 1.40. The fourth-order valence-electron chi connectivity index (χ4n) is 2.19. The first-order valence-corrected chi connectivity index (χ1v) is 6.69. The number of fused-ring (bicyclic) bond motifs is 1. The topological polar surface area (TPSA) is 32.9 Å². The Morgan fingerprint density at radius 1 is 1.10 bits per heavy atom. The molecule has 0 amide bonds. The van der Waals surface area contributed by atoms with Gasteiger partial charge < -0.3 is 4.98 Å². The van der Waals surface area contributed by atoms with Crippen LogP contribution in [-0.2, 0) is 0 Å². The highest BCUT2D eigenvalue weighted by Gasteiger charge is 2.21. The molecule has 3 rings (SSSR count). The number of aromatic amines is 1. The highest BCUT2D eigenvalue weighted by Crippen LogP contribution is 2.31. The number of aromatic nitrogens is 1. The van der Waals surface area contributed by atoms with Crippen LogP contribution in [0.4, 0.5) is 8.78 Å². The summed E-state index contributed by atoms with van der Waals surface area (Å²) < 4.78 is 27.0. The minimum absolute atomic E-state index is 0.163. The summed E-state index contributed by atoms with van der Waals surface area (Å²) in [6.45, 7) is 0. The van der Waals surface area contributed by atoms with Crippen molar-refractivity contribution in [3.05, 3.63) is 69.3 Å². The normalized spacial score (nSPS) is 11.0. The molecule has 106 valence electrons. The smallest absolute Gasteiger partial charge is 0.198 e. The van der Waals surface area contributed by atoms with E-state index in [1.807, 2.05) is 0 Å². The van der Waals surface area contributed by atoms with E-state index < -0.39 is 17.4 Å². The zero-order chi connectivity index (χ0) is 15.1. The van der Waals surface area contributed by atoms with E-state index >= 15 is 0 Å².